The summed E-state index contributed by atoms with van der Waals surface area (Å²) in [5.41, 5.74) is 2.78. The number of benzene rings is 2. The van der Waals surface area contributed by atoms with Gasteiger partial charge < -0.3 is 15.0 Å². The van der Waals surface area contributed by atoms with Gasteiger partial charge in [0, 0.05) is 37.1 Å². The first-order valence-electron chi connectivity index (χ1n) is 9.33. The fraction of sp³-hybridized carbons (Fsp3) is 0.227. The molecular formula is C22H24N4O3. The number of nitrogens with one attached hydrogen (secondary N) is 1. The van der Waals surface area contributed by atoms with Crippen molar-refractivity contribution in [3.05, 3.63) is 71.3 Å². The predicted octanol–water partition coefficient (Wildman–Crippen LogP) is 3.01. The number of carbonyl (C=O) groups excluding carboxylic acids is 1. The molecule has 0 spiro atoms. The lowest BCUT2D eigenvalue weighted by Crippen LogP contribution is -2.27. The Morgan fingerprint density at radius 3 is 2.38 bits per heavy atom. The number of aromatic nitrogens is 2. The van der Waals surface area contributed by atoms with E-state index in [0.29, 0.717) is 18.0 Å². The smallest absolute Gasteiger partial charge is 0.254 e. The van der Waals surface area contributed by atoms with Crippen molar-refractivity contribution < 1.29 is 9.53 Å². The molecule has 7 heteroatoms. The fourth-order valence-electron chi connectivity index (χ4n) is 2.79. The van der Waals surface area contributed by atoms with Crippen molar-refractivity contribution in [3.63, 3.8) is 0 Å². The molecule has 0 fully saturated rings. The van der Waals surface area contributed by atoms with Gasteiger partial charge in [-0.3, -0.25) is 14.2 Å². The summed E-state index contributed by atoms with van der Waals surface area (Å²) in [7, 11) is 3.90. The van der Waals surface area contributed by atoms with Crippen molar-refractivity contribution in [1.82, 2.24) is 9.55 Å². The predicted molar refractivity (Wildman–Crippen MR) is 115 cm³/mol. The summed E-state index contributed by atoms with van der Waals surface area (Å²) in [5, 5.41) is 2.79. The quantitative estimate of drug-likeness (QED) is 0.669. The molecule has 0 aliphatic carbocycles. The van der Waals surface area contributed by atoms with Gasteiger partial charge in [-0.25, -0.2) is 4.98 Å². The summed E-state index contributed by atoms with van der Waals surface area (Å²) >= 11 is 0. The standard InChI is InChI=1S/C22H24N4O3/c1-4-29-19-11-5-16(6-12-19)20-13-22(28)26(15-23-20)14-21(27)24-17-7-9-18(10-8-17)25(2)3/h5-13,15H,4,14H2,1-3H3,(H,24,27). The van der Waals surface area contributed by atoms with Crippen LogP contribution in [0, 0.1) is 0 Å². The summed E-state index contributed by atoms with van der Waals surface area (Å²) in [6.45, 7) is 2.41. The van der Waals surface area contributed by atoms with E-state index in [9.17, 15) is 9.59 Å². The van der Waals surface area contributed by atoms with E-state index in [1.54, 1.807) is 0 Å². The van der Waals surface area contributed by atoms with E-state index in [1.807, 2.05) is 74.4 Å². The molecule has 3 aromatic rings. The number of anilines is 2. The van der Waals surface area contributed by atoms with Crippen molar-refractivity contribution in [2.45, 2.75) is 13.5 Å². The van der Waals surface area contributed by atoms with Crippen molar-refractivity contribution in [2.24, 2.45) is 0 Å². The lowest BCUT2D eigenvalue weighted by atomic mass is 10.1. The molecule has 0 saturated carbocycles. The first kappa shape index (κ1) is 20.1. The maximum Gasteiger partial charge on any atom is 0.254 e. The number of carbonyl (C=O) groups is 1. The topological polar surface area (TPSA) is 76.5 Å². The monoisotopic (exact) mass is 392 g/mol. The minimum Gasteiger partial charge on any atom is -0.494 e. The van der Waals surface area contributed by atoms with Gasteiger partial charge in [0.05, 0.1) is 18.6 Å². The normalized spacial score (nSPS) is 10.4. The molecular weight excluding hydrogens is 368 g/mol. The van der Waals surface area contributed by atoms with Crippen LogP contribution >= 0.6 is 0 Å². The summed E-state index contributed by atoms with van der Waals surface area (Å²) in [5.74, 6) is 0.472. The summed E-state index contributed by atoms with van der Waals surface area (Å²) < 4.78 is 6.70. The van der Waals surface area contributed by atoms with E-state index >= 15 is 0 Å². The van der Waals surface area contributed by atoms with Crippen LogP contribution in [0.15, 0.2) is 65.7 Å². The molecule has 1 heterocycles. The highest BCUT2D eigenvalue weighted by atomic mass is 16.5. The third-order valence-corrected chi connectivity index (χ3v) is 4.32. The number of hydrogen-bond acceptors (Lipinski definition) is 5. The van der Waals surface area contributed by atoms with E-state index in [-0.39, 0.29) is 18.0 Å². The van der Waals surface area contributed by atoms with Gasteiger partial charge in [0.15, 0.2) is 0 Å². The van der Waals surface area contributed by atoms with Crippen LogP contribution in [0.2, 0.25) is 0 Å². The Morgan fingerprint density at radius 2 is 1.79 bits per heavy atom. The molecule has 3 rings (SSSR count). The highest BCUT2D eigenvalue weighted by Gasteiger charge is 2.08. The van der Waals surface area contributed by atoms with Gasteiger partial charge in [0.2, 0.25) is 5.91 Å². The second-order valence-corrected chi connectivity index (χ2v) is 6.69. The zero-order chi connectivity index (χ0) is 20.8. The Labute approximate surface area is 169 Å². The number of ether oxygens (including phenoxy) is 1. The van der Waals surface area contributed by atoms with E-state index in [0.717, 1.165) is 17.0 Å². The Balaban J connectivity index is 1.66. The summed E-state index contributed by atoms with van der Waals surface area (Å²) in [4.78, 5) is 31.0. The molecule has 0 saturated heterocycles. The van der Waals surface area contributed by atoms with Crippen LogP contribution in [0.3, 0.4) is 0 Å². The molecule has 0 bridgehead atoms. The fourth-order valence-corrected chi connectivity index (χ4v) is 2.79. The lowest BCUT2D eigenvalue weighted by Gasteiger charge is -2.13. The van der Waals surface area contributed by atoms with Gasteiger partial charge in [-0.15, -0.1) is 0 Å². The van der Waals surface area contributed by atoms with Gasteiger partial charge in [0.1, 0.15) is 12.3 Å². The summed E-state index contributed by atoms with van der Waals surface area (Å²) in [6.07, 6.45) is 1.39. The van der Waals surface area contributed by atoms with Crippen molar-refractivity contribution >= 4 is 17.3 Å². The Bertz CT molecular complexity index is 1030. The first-order valence-corrected chi connectivity index (χ1v) is 9.33. The van der Waals surface area contributed by atoms with Crippen LogP contribution in [0.25, 0.3) is 11.3 Å². The van der Waals surface area contributed by atoms with Crippen LogP contribution in [-0.4, -0.2) is 36.2 Å². The molecule has 0 radical (unpaired) electrons. The maximum absolute atomic E-state index is 12.4. The van der Waals surface area contributed by atoms with Gasteiger partial charge in [-0.1, -0.05) is 0 Å². The van der Waals surface area contributed by atoms with E-state index < -0.39 is 0 Å². The number of nitrogens with zero attached hydrogens (tertiary/aromatic N) is 3. The molecule has 2 aromatic carbocycles. The lowest BCUT2D eigenvalue weighted by molar-refractivity contribution is -0.116. The first-order chi connectivity index (χ1) is 14.0. The van der Waals surface area contributed by atoms with Crippen LogP contribution in [0.4, 0.5) is 11.4 Å². The molecule has 7 nitrogen and oxygen atoms in total. The molecule has 0 aliphatic heterocycles. The molecule has 29 heavy (non-hydrogen) atoms. The van der Waals surface area contributed by atoms with Crippen LogP contribution in [0.5, 0.6) is 5.75 Å². The van der Waals surface area contributed by atoms with Gasteiger partial charge in [-0.05, 0) is 55.5 Å². The molecule has 0 unspecified atom stereocenters. The van der Waals surface area contributed by atoms with Crippen molar-refractivity contribution in [1.29, 1.82) is 0 Å². The summed E-state index contributed by atoms with van der Waals surface area (Å²) in [6, 6.07) is 16.3. The highest BCUT2D eigenvalue weighted by molar-refractivity contribution is 5.90. The molecule has 1 N–H and O–H groups in total. The molecule has 1 aromatic heterocycles. The zero-order valence-electron chi connectivity index (χ0n) is 16.8. The Hall–Kier alpha value is -3.61. The van der Waals surface area contributed by atoms with E-state index in [4.69, 9.17) is 4.74 Å². The van der Waals surface area contributed by atoms with Gasteiger partial charge in [0.25, 0.3) is 5.56 Å². The highest BCUT2D eigenvalue weighted by Crippen LogP contribution is 2.19. The third-order valence-electron chi connectivity index (χ3n) is 4.32. The van der Waals surface area contributed by atoms with Gasteiger partial charge >= 0.3 is 0 Å². The Kier molecular flexibility index (Phi) is 6.29. The minimum atomic E-state index is -0.291. The van der Waals surface area contributed by atoms with E-state index in [1.165, 1.54) is 17.0 Å². The molecule has 150 valence electrons. The molecule has 0 aliphatic rings. The number of rotatable bonds is 7. The van der Waals surface area contributed by atoms with Crippen molar-refractivity contribution in [2.75, 3.05) is 30.9 Å². The van der Waals surface area contributed by atoms with Crippen LogP contribution < -0.4 is 20.5 Å². The van der Waals surface area contributed by atoms with Gasteiger partial charge in [-0.2, -0.15) is 0 Å². The average Bonchev–Trinajstić information content (AvgIpc) is 2.71. The Morgan fingerprint density at radius 1 is 1.10 bits per heavy atom. The zero-order valence-corrected chi connectivity index (χ0v) is 16.8. The number of hydrogen-bond donors (Lipinski definition) is 1. The van der Waals surface area contributed by atoms with Crippen molar-refractivity contribution in [3.8, 4) is 17.0 Å². The molecule has 0 atom stereocenters. The van der Waals surface area contributed by atoms with E-state index in [2.05, 4.69) is 10.3 Å². The van der Waals surface area contributed by atoms with Crippen LogP contribution in [-0.2, 0) is 11.3 Å². The maximum atomic E-state index is 12.4. The third kappa shape index (κ3) is 5.22. The second-order valence-electron chi connectivity index (χ2n) is 6.69. The SMILES string of the molecule is CCOc1ccc(-c2cc(=O)n(CC(=O)Nc3ccc(N(C)C)cc3)cn2)cc1. The van der Waals surface area contributed by atoms with Crippen LogP contribution in [0.1, 0.15) is 6.92 Å². The largest absolute Gasteiger partial charge is 0.494 e. The second kappa shape index (κ2) is 9.05. The minimum absolute atomic E-state index is 0.106. The number of amides is 1. The molecule has 1 amide bonds. The average molecular weight is 392 g/mol.